The molecule has 0 aliphatic rings. The second kappa shape index (κ2) is 4.42. The van der Waals surface area contributed by atoms with Crippen molar-refractivity contribution in [3.8, 4) is 0 Å². The van der Waals surface area contributed by atoms with Gasteiger partial charge in [-0.3, -0.25) is 4.79 Å². The largest absolute Gasteiger partial charge is 0.458 e. The van der Waals surface area contributed by atoms with Crippen LogP contribution in [0, 0.1) is 0 Å². The van der Waals surface area contributed by atoms with Crippen LogP contribution in [0.4, 0.5) is 0 Å². The molecule has 0 fully saturated rings. The van der Waals surface area contributed by atoms with E-state index in [2.05, 4.69) is 15.9 Å². The highest BCUT2D eigenvalue weighted by molar-refractivity contribution is 9.10. The molecular weight excluding hydrogens is 232 g/mol. The van der Waals surface area contributed by atoms with Gasteiger partial charge in [-0.15, -0.1) is 0 Å². The Morgan fingerprint density at radius 2 is 2.23 bits per heavy atom. The first-order valence-corrected chi connectivity index (χ1v) is 4.81. The van der Waals surface area contributed by atoms with Crippen molar-refractivity contribution >= 4 is 21.9 Å². The Hall–Kier alpha value is -0.830. The first kappa shape index (κ1) is 10.3. The predicted octanol–water partition coefficient (Wildman–Crippen LogP) is 3.07. The molecule has 1 aromatic carbocycles. The van der Waals surface area contributed by atoms with Crippen LogP contribution in [0.2, 0.25) is 0 Å². The number of ether oxygens (including phenoxy) is 1. The normalized spacial score (nSPS) is 12.2. The molecule has 1 atom stereocenters. The fraction of sp³-hybridized carbons (Fsp3) is 0.300. The minimum atomic E-state index is -0.257. The summed E-state index contributed by atoms with van der Waals surface area (Å²) in [4.78, 5) is 10.7. The van der Waals surface area contributed by atoms with Crippen molar-refractivity contribution in [2.75, 3.05) is 0 Å². The van der Waals surface area contributed by atoms with Crippen molar-refractivity contribution in [2.24, 2.45) is 0 Å². The Kier molecular flexibility index (Phi) is 3.48. The number of hydrogen-bond donors (Lipinski definition) is 0. The van der Waals surface area contributed by atoms with Gasteiger partial charge in [0, 0.05) is 11.4 Å². The van der Waals surface area contributed by atoms with Crippen LogP contribution in [0.25, 0.3) is 0 Å². The van der Waals surface area contributed by atoms with Crippen molar-refractivity contribution in [2.45, 2.75) is 20.0 Å². The number of esters is 1. The van der Waals surface area contributed by atoms with E-state index in [9.17, 15) is 4.79 Å². The standard InChI is InChI=1S/C10H11BrO2/c1-7(13-8(2)12)9-4-3-5-10(11)6-9/h3-7H,1-2H3/t7-/m1/s1. The lowest BCUT2D eigenvalue weighted by Gasteiger charge is -2.11. The summed E-state index contributed by atoms with van der Waals surface area (Å²) in [6, 6.07) is 7.72. The number of hydrogen-bond acceptors (Lipinski definition) is 2. The fourth-order valence-electron chi connectivity index (χ4n) is 1.08. The van der Waals surface area contributed by atoms with E-state index in [1.807, 2.05) is 31.2 Å². The maximum atomic E-state index is 10.7. The molecule has 70 valence electrons. The smallest absolute Gasteiger partial charge is 0.303 e. The van der Waals surface area contributed by atoms with Gasteiger partial charge < -0.3 is 4.74 Å². The number of carbonyl (C=O) groups is 1. The van der Waals surface area contributed by atoms with Crippen molar-refractivity contribution in [1.82, 2.24) is 0 Å². The molecule has 0 saturated carbocycles. The zero-order chi connectivity index (χ0) is 9.84. The molecule has 0 aliphatic carbocycles. The van der Waals surface area contributed by atoms with Gasteiger partial charge in [0.25, 0.3) is 0 Å². The molecule has 1 aromatic rings. The maximum absolute atomic E-state index is 10.7. The van der Waals surface area contributed by atoms with Gasteiger partial charge in [-0.05, 0) is 24.6 Å². The molecule has 0 aliphatic heterocycles. The molecule has 0 N–H and O–H groups in total. The lowest BCUT2D eigenvalue weighted by Crippen LogP contribution is -2.04. The molecule has 0 saturated heterocycles. The van der Waals surface area contributed by atoms with Crippen LogP contribution in [0.3, 0.4) is 0 Å². The number of carbonyl (C=O) groups excluding carboxylic acids is 1. The van der Waals surface area contributed by atoms with Gasteiger partial charge in [0.15, 0.2) is 0 Å². The van der Waals surface area contributed by atoms with E-state index >= 15 is 0 Å². The quantitative estimate of drug-likeness (QED) is 0.746. The molecule has 3 heteroatoms. The molecule has 0 bridgehead atoms. The van der Waals surface area contributed by atoms with Crippen molar-refractivity contribution in [3.63, 3.8) is 0 Å². The molecule has 13 heavy (non-hydrogen) atoms. The summed E-state index contributed by atoms with van der Waals surface area (Å²) in [5, 5.41) is 0. The van der Waals surface area contributed by atoms with Crippen LogP contribution in [-0.4, -0.2) is 5.97 Å². The van der Waals surface area contributed by atoms with Gasteiger partial charge in [-0.25, -0.2) is 0 Å². The maximum Gasteiger partial charge on any atom is 0.303 e. The molecule has 0 unspecified atom stereocenters. The van der Waals surface area contributed by atoms with Crippen LogP contribution in [0.15, 0.2) is 28.7 Å². The second-order valence-electron chi connectivity index (χ2n) is 2.81. The minimum absolute atomic E-state index is 0.185. The Balaban J connectivity index is 2.76. The van der Waals surface area contributed by atoms with E-state index in [1.165, 1.54) is 6.92 Å². The minimum Gasteiger partial charge on any atom is -0.458 e. The summed E-state index contributed by atoms with van der Waals surface area (Å²) in [5.74, 6) is -0.257. The first-order valence-electron chi connectivity index (χ1n) is 4.02. The van der Waals surface area contributed by atoms with Gasteiger partial charge in [0.2, 0.25) is 0 Å². The van der Waals surface area contributed by atoms with Gasteiger partial charge in [-0.1, -0.05) is 28.1 Å². The highest BCUT2D eigenvalue weighted by Crippen LogP contribution is 2.20. The van der Waals surface area contributed by atoms with Gasteiger partial charge in [-0.2, -0.15) is 0 Å². The molecule has 0 spiro atoms. The molecule has 0 amide bonds. The molecule has 0 heterocycles. The lowest BCUT2D eigenvalue weighted by molar-refractivity contribution is -0.145. The molecule has 0 aromatic heterocycles. The van der Waals surface area contributed by atoms with E-state index in [0.29, 0.717) is 0 Å². The van der Waals surface area contributed by atoms with E-state index in [4.69, 9.17) is 4.74 Å². The van der Waals surface area contributed by atoms with E-state index in [0.717, 1.165) is 10.0 Å². The third-order valence-electron chi connectivity index (χ3n) is 1.66. The SMILES string of the molecule is CC(=O)O[C@H](C)c1cccc(Br)c1. The van der Waals surface area contributed by atoms with E-state index in [1.54, 1.807) is 0 Å². The van der Waals surface area contributed by atoms with Gasteiger partial charge >= 0.3 is 5.97 Å². The highest BCUT2D eigenvalue weighted by atomic mass is 79.9. The zero-order valence-electron chi connectivity index (χ0n) is 7.58. The summed E-state index contributed by atoms with van der Waals surface area (Å²) in [5.41, 5.74) is 0.990. The first-order chi connectivity index (χ1) is 6.09. The number of rotatable bonds is 2. The Morgan fingerprint density at radius 1 is 1.54 bits per heavy atom. The average Bonchev–Trinajstić information content (AvgIpc) is 2.03. The number of halogens is 1. The highest BCUT2D eigenvalue weighted by Gasteiger charge is 2.07. The topological polar surface area (TPSA) is 26.3 Å². The van der Waals surface area contributed by atoms with Gasteiger partial charge in [0.05, 0.1) is 0 Å². The molecular formula is C10H11BrO2. The third-order valence-corrected chi connectivity index (χ3v) is 2.15. The Morgan fingerprint density at radius 3 is 2.77 bits per heavy atom. The molecule has 0 radical (unpaired) electrons. The summed E-state index contributed by atoms with van der Waals surface area (Å²) >= 11 is 3.36. The van der Waals surface area contributed by atoms with Crippen LogP contribution in [0.5, 0.6) is 0 Å². The van der Waals surface area contributed by atoms with E-state index in [-0.39, 0.29) is 12.1 Å². The van der Waals surface area contributed by atoms with Crippen molar-refractivity contribution < 1.29 is 9.53 Å². The summed E-state index contributed by atoms with van der Waals surface area (Å²) in [6.45, 7) is 3.26. The Bertz CT molecular complexity index is 310. The van der Waals surface area contributed by atoms with Gasteiger partial charge in [0.1, 0.15) is 6.10 Å². The summed E-state index contributed by atoms with van der Waals surface area (Å²) in [7, 11) is 0. The van der Waals surface area contributed by atoms with Crippen molar-refractivity contribution in [3.05, 3.63) is 34.3 Å². The second-order valence-corrected chi connectivity index (χ2v) is 3.72. The van der Waals surface area contributed by atoms with Crippen LogP contribution in [-0.2, 0) is 9.53 Å². The fourth-order valence-corrected chi connectivity index (χ4v) is 1.49. The monoisotopic (exact) mass is 242 g/mol. The predicted molar refractivity (Wildman–Crippen MR) is 54.3 cm³/mol. The third kappa shape index (κ3) is 3.19. The lowest BCUT2D eigenvalue weighted by atomic mass is 10.1. The summed E-state index contributed by atoms with van der Waals surface area (Å²) < 4.78 is 6.02. The summed E-state index contributed by atoms with van der Waals surface area (Å²) in [6.07, 6.45) is -0.185. The average molecular weight is 243 g/mol. The van der Waals surface area contributed by atoms with E-state index < -0.39 is 0 Å². The molecule has 2 nitrogen and oxygen atoms in total. The number of benzene rings is 1. The zero-order valence-corrected chi connectivity index (χ0v) is 9.17. The van der Waals surface area contributed by atoms with Crippen LogP contribution in [0.1, 0.15) is 25.5 Å². The van der Waals surface area contributed by atoms with Crippen LogP contribution < -0.4 is 0 Å². The van der Waals surface area contributed by atoms with Crippen LogP contribution >= 0.6 is 15.9 Å². The molecule has 1 rings (SSSR count). The van der Waals surface area contributed by atoms with Crippen molar-refractivity contribution in [1.29, 1.82) is 0 Å². The Labute approximate surface area is 86.0 Å².